The molecule has 0 heterocycles. The van der Waals surface area contributed by atoms with Crippen LogP contribution >= 0.6 is 0 Å². The van der Waals surface area contributed by atoms with E-state index in [0.29, 0.717) is 11.1 Å². The molecule has 0 saturated heterocycles. The summed E-state index contributed by atoms with van der Waals surface area (Å²) in [4.78, 5) is 22.2. The van der Waals surface area contributed by atoms with Crippen LogP contribution < -0.4 is 4.74 Å². The summed E-state index contributed by atoms with van der Waals surface area (Å²) in [6, 6.07) is 8.08. The van der Waals surface area contributed by atoms with Gasteiger partial charge in [0, 0.05) is 12.2 Å². The van der Waals surface area contributed by atoms with Gasteiger partial charge in [0.15, 0.2) is 23.0 Å². The number of carboxylic acids is 1. The third kappa shape index (κ3) is 5.14. The summed E-state index contributed by atoms with van der Waals surface area (Å²) in [7, 11) is 0. The maximum atomic E-state index is 11.8. The van der Waals surface area contributed by atoms with Gasteiger partial charge in [0.05, 0.1) is 0 Å². The molecule has 0 unspecified atom stereocenters. The van der Waals surface area contributed by atoms with E-state index in [2.05, 4.69) is 0 Å². The molecule has 0 saturated carbocycles. The molecule has 0 aliphatic carbocycles. The summed E-state index contributed by atoms with van der Waals surface area (Å²) in [6.07, 6.45) is 4.65. The molecule has 0 radical (unpaired) electrons. The van der Waals surface area contributed by atoms with Gasteiger partial charge in [0.1, 0.15) is 0 Å². The van der Waals surface area contributed by atoms with E-state index < -0.39 is 11.9 Å². The predicted molar refractivity (Wildman–Crippen MR) is 89.2 cm³/mol. The first-order valence-corrected chi connectivity index (χ1v) is 7.01. The first-order chi connectivity index (χ1) is 11.8. The number of benzene rings is 2. The molecular weight excluding hydrogens is 328 g/mol. The van der Waals surface area contributed by atoms with Crippen LogP contribution in [0.4, 0.5) is 0 Å². The van der Waals surface area contributed by atoms with Crippen LogP contribution in [0, 0.1) is 0 Å². The fraction of sp³-hybridized carbons (Fsp3) is 0. The molecule has 2 rings (SSSR count). The van der Waals surface area contributed by atoms with Gasteiger partial charge in [-0.05, 0) is 47.5 Å². The van der Waals surface area contributed by atoms with Crippen molar-refractivity contribution >= 4 is 24.1 Å². The average Bonchev–Trinajstić information content (AvgIpc) is 2.56. The maximum Gasteiger partial charge on any atom is 0.336 e. The van der Waals surface area contributed by atoms with Crippen LogP contribution in [-0.4, -0.2) is 32.4 Å². The molecule has 0 amide bonds. The molecule has 0 aromatic heterocycles. The molecule has 2 aromatic rings. The van der Waals surface area contributed by atoms with E-state index in [4.69, 9.17) is 9.84 Å². The van der Waals surface area contributed by atoms with Gasteiger partial charge in [-0.2, -0.15) is 0 Å². The van der Waals surface area contributed by atoms with Crippen molar-refractivity contribution < 1.29 is 34.8 Å². The Bertz CT molecular complexity index is 866. The highest BCUT2D eigenvalue weighted by atomic mass is 16.5. The number of carbonyl (C=O) groups excluding carboxylic acids is 1. The molecule has 0 spiro atoms. The van der Waals surface area contributed by atoms with Crippen LogP contribution in [0.5, 0.6) is 23.0 Å². The number of carbonyl (C=O) groups is 2. The Morgan fingerprint density at radius 3 is 2.00 bits per heavy atom. The number of hydrogen-bond donors (Lipinski definition) is 4. The van der Waals surface area contributed by atoms with Crippen molar-refractivity contribution in [3.63, 3.8) is 0 Å². The number of carboxylic acid groups (broad SMARTS) is 1. The molecule has 4 N–H and O–H groups in total. The molecule has 0 fully saturated rings. The Labute approximate surface area is 142 Å². The fourth-order valence-electron chi connectivity index (χ4n) is 1.84. The molecule has 0 aliphatic heterocycles. The van der Waals surface area contributed by atoms with E-state index in [1.54, 1.807) is 0 Å². The molecule has 128 valence electrons. The molecule has 2 aromatic carbocycles. The summed E-state index contributed by atoms with van der Waals surface area (Å²) in [5.41, 5.74) is 0.889. The number of aliphatic carboxylic acids is 1. The predicted octanol–water partition coefficient (Wildman–Crippen LogP) is 2.52. The summed E-state index contributed by atoms with van der Waals surface area (Å²) in [5, 5.41) is 36.9. The van der Waals surface area contributed by atoms with Gasteiger partial charge in [0.2, 0.25) is 0 Å². The topological polar surface area (TPSA) is 124 Å². The van der Waals surface area contributed by atoms with Gasteiger partial charge >= 0.3 is 11.9 Å². The standard InChI is InChI=1S/C18H14O7/c19-13-5-1-11(9-14(13)20)4-8-18(24)25-16-6-2-12(10-15(16)21)3-7-17(22)23/h1-10,19-21H,(H,22,23)/b7-3+,8-4?. The maximum absolute atomic E-state index is 11.8. The normalized spacial score (nSPS) is 11.0. The smallest absolute Gasteiger partial charge is 0.336 e. The minimum atomic E-state index is -1.12. The minimum absolute atomic E-state index is 0.0873. The monoisotopic (exact) mass is 342 g/mol. The highest BCUT2D eigenvalue weighted by Gasteiger charge is 2.07. The van der Waals surface area contributed by atoms with Gasteiger partial charge in [-0.25, -0.2) is 9.59 Å². The van der Waals surface area contributed by atoms with E-state index in [0.717, 1.165) is 12.2 Å². The summed E-state index contributed by atoms with van der Waals surface area (Å²) >= 11 is 0. The Hall–Kier alpha value is -3.74. The first-order valence-electron chi connectivity index (χ1n) is 7.01. The van der Waals surface area contributed by atoms with Crippen molar-refractivity contribution in [3.8, 4) is 23.0 Å². The van der Waals surface area contributed by atoms with E-state index >= 15 is 0 Å². The van der Waals surface area contributed by atoms with Crippen LogP contribution in [0.15, 0.2) is 48.6 Å². The lowest BCUT2D eigenvalue weighted by Crippen LogP contribution is -2.03. The van der Waals surface area contributed by atoms with E-state index in [9.17, 15) is 24.9 Å². The lowest BCUT2D eigenvalue weighted by molar-refractivity contribution is -0.131. The summed E-state index contributed by atoms with van der Waals surface area (Å²) < 4.78 is 4.97. The molecule has 25 heavy (non-hydrogen) atoms. The largest absolute Gasteiger partial charge is 0.504 e. The SMILES string of the molecule is O=C(O)/C=C/c1ccc(OC(=O)C=Cc2ccc(O)c(O)c2)c(O)c1. The van der Waals surface area contributed by atoms with Gasteiger partial charge in [-0.3, -0.25) is 0 Å². The minimum Gasteiger partial charge on any atom is -0.504 e. The van der Waals surface area contributed by atoms with Crippen molar-refractivity contribution in [2.24, 2.45) is 0 Å². The second-order valence-corrected chi connectivity index (χ2v) is 4.90. The van der Waals surface area contributed by atoms with Crippen LogP contribution in [0.1, 0.15) is 11.1 Å². The van der Waals surface area contributed by atoms with Crippen molar-refractivity contribution in [1.29, 1.82) is 0 Å². The number of phenolic OH excluding ortho intramolecular Hbond substituents is 3. The molecule has 7 heteroatoms. The lowest BCUT2D eigenvalue weighted by atomic mass is 10.2. The number of esters is 1. The highest BCUT2D eigenvalue weighted by molar-refractivity contribution is 5.89. The van der Waals surface area contributed by atoms with Gasteiger partial charge < -0.3 is 25.2 Å². The average molecular weight is 342 g/mol. The zero-order valence-corrected chi connectivity index (χ0v) is 12.8. The molecule has 7 nitrogen and oxygen atoms in total. The van der Waals surface area contributed by atoms with Crippen molar-refractivity contribution in [3.05, 3.63) is 59.7 Å². The Kier molecular flexibility index (Phi) is 5.42. The van der Waals surface area contributed by atoms with Crippen molar-refractivity contribution in [1.82, 2.24) is 0 Å². The quantitative estimate of drug-likeness (QED) is 0.285. The van der Waals surface area contributed by atoms with Gasteiger partial charge in [-0.1, -0.05) is 12.1 Å². The number of rotatable bonds is 5. The van der Waals surface area contributed by atoms with Crippen molar-refractivity contribution in [2.45, 2.75) is 0 Å². The Balaban J connectivity index is 2.05. The van der Waals surface area contributed by atoms with E-state index in [-0.39, 0.29) is 23.0 Å². The third-order valence-corrected chi connectivity index (χ3v) is 3.02. The number of hydrogen-bond acceptors (Lipinski definition) is 6. The van der Waals surface area contributed by atoms with Crippen LogP contribution in [-0.2, 0) is 9.59 Å². The number of phenols is 3. The van der Waals surface area contributed by atoms with Crippen molar-refractivity contribution in [2.75, 3.05) is 0 Å². The number of ether oxygens (including phenoxy) is 1. The Morgan fingerprint density at radius 2 is 1.40 bits per heavy atom. The molecular formula is C18H14O7. The molecule has 0 bridgehead atoms. The van der Waals surface area contributed by atoms with Crippen LogP contribution in [0.2, 0.25) is 0 Å². The van der Waals surface area contributed by atoms with E-state index in [1.807, 2.05) is 0 Å². The third-order valence-electron chi connectivity index (χ3n) is 3.02. The van der Waals surface area contributed by atoms with Gasteiger partial charge in [-0.15, -0.1) is 0 Å². The fourth-order valence-corrected chi connectivity index (χ4v) is 1.84. The Morgan fingerprint density at radius 1 is 0.800 bits per heavy atom. The second-order valence-electron chi connectivity index (χ2n) is 4.90. The summed E-state index contributed by atoms with van der Waals surface area (Å²) in [6.45, 7) is 0. The lowest BCUT2D eigenvalue weighted by Gasteiger charge is -2.05. The first kappa shape index (κ1) is 17.6. The van der Waals surface area contributed by atoms with Crippen LogP contribution in [0.25, 0.3) is 12.2 Å². The molecule has 0 aliphatic rings. The van der Waals surface area contributed by atoms with E-state index in [1.165, 1.54) is 48.6 Å². The number of aromatic hydroxyl groups is 3. The zero-order chi connectivity index (χ0) is 18.4. The zero-order valence-electron chi connectivity index (χ0n) is 12.8. The van der Waals surface area contributed by atoms with Crippen LogP contribution in [0.3, 0.4) is 0 Å². The highest BCUT2D eigenvalue weighted by Crippen LogP contribution is 2.28. The molecule has 0 atom stereocenters. The second kappa shape index (κ2) is 7.69. The summed E-state index contributed by atoms with van der Waals surface area (Å²) in [5.74, 6) is -2.90. The van der Waals surface area contributed by atoms with Gasteiger partial charge in [0.25, 0.3) is 0 Å².